The summed E-state index contributed by atoms with van der Waals surface area (Å²) in [6.07, 6.45) is 3.33. The number of hydrogen-bond acceptors (Lipinski definition) is 9. The third-order valence-electron chi connectivity index (χ3n) is 6.11. The maximum Gasteiger partial charge on any atom is 0.305 e. The molecule has 0 saturated carbocycles. The first-order valence-electron chi connectivity index (χ1n) is 13.7. The van der Waals surface area contributed by atoms with Crippen LogP contribution in [0.2, 0.25) is 0 Å². The lowest BCUT2D eigenvalue weighted by Gasteiger charge is -2.21. The van der Waals surface area contributed by atoms with Gasteiger partial charge in [-0.25, -0.2) is 0 Å². The Morgan fingerprint density at radius 2 is 1.55 bits per heavy atom. The first-order valence-corrected chi connectivity index (χ1v) is 15.5. The van der Waals surface area contributed by atoms with Crippen LogP contribution < -0.4 is 27.4 Å². The number of aromatic nitrogens is 1. The van der Waals surface area contributed by atoms with E-state index in [-0.39, 0.29) is 18.9 Å². The highest BCUT2D eigenvalue weighted by Crippen LogP contribution is 2.17. The molecule has 3 amide bonds. The van der Waals surface area contributed by atoms with Crippen molar-refractivity contribution in [2.45, 2.75) is 50.2 Å². The number of nitrogens with one attached hydrogen (secondary N) is 3. The number of anilines is 1. The van der Waals surface area contributed by atoms with E-state index in [9.17, 15) is 27.6 Å². The molecule has 0 spiro atoms. The number of para-hydroxylation sites is 1. The molecule has 0 fully saturated rings. The lowest BCUT2D eigenvalue weighted by molar-refractivity contribution is -0.139. The Labute approximate surface area is 255 Å². The average molecular weight is 631 g/mol. The van der Waals surface area contributed by atoms with Gasteiger partial charge in [-0.05, 0) is 43.4 Å². The van der Waals surface area contributed by atoms with Crippen molar-refractivity contribution >= 4 is 50.4 Å². The highest BCUT2D eigenvalue weighted by molar-refractivity contribution is 7.85. The topological polar surface area (TPSA) is 244 Å². The van der Waals surface area contributed by atoms with Crippen molar-refractivity contribution in [1.82, 2.24) is 15.6 Å². The normalized spacial score (nSPS) is 13.0. The van der Waals surface area contributed by atoms with E-state index < -0.39 is 52.4 Å². The van der Waals surface area contributed by atoms with Crippen LogP contribution in [0.15, 0.2) is 66.9 Å². The second kappa shape index (κ2) is 17.6. The average Bonchev–Trinajstić information content (AvgIpc) is 2.96. The smallest absolute Gasteiger partial charge is 0.305 e. The molecule has 1 heterocycles. The molecule has 238 valence electrons. The number of carboxylic acids is 1. The molecule has 0 unspecified atom stereocenters. The van der Waals surface area contributed by atoms with Crippen LogP contribution in [0.5, 0.6) is 0 Å². The second-order valence-corrected chi connectivity index (χ2v) is 11.4. The van der Waals surface area contributed by atoms with E-state index in [4.69, 9.17) is 21.1 Å². The molecule has 0 aliphatic heterocycles. The van der Waals surface area contributed by atoms with Gasteiger partial charge in [0.15, 0.2) is 0 Å². The van der Waals surface area contributed by atoms with Crippen LogP contribution in [0.4, 0.5) is 5.69 Å². The summed E-state index contributed by atoms with van der Waals surface area (Å²) in [6, 6.07) is 16.1. The molecule has 9 N–H and O–H groups in total. The standard InChI is InChI=1S/C28H34N6O5.CH4O3S/c29-21(10-6-14-31-26(37)22(30)16-25(35)36)27(38)34-24(13-12-18-7-2-1-3-8-18)28(39)33-20-15-19-9-4-5-11-23(19)32-17-20;1-5(2,3)4/h1-5,7-9,11,15,17,21-22,24H,6,10,12-14,16,29-30H2,(H,31,37)(H,33,39)(H,34,38)(H,35,36);1H3,(H,2,3,4)/t21-,22-,24+;/m0./s1. The second-order valence-electron chi connectivity index (χ2n) is 9.97. The van der Waals surface area contributed by atoms with Gasteiger partial charge in [-0.15, -0.1) is 0 Å². The number of nitrogens with two attached hydrogens (primary N) is 2. The van der Waals surface area contributed by atoms with Crippen molar-refractivity contribution in [3.63, 3.8) is 0 Å². The minimum Gasteiger partial charge on any atom is -0.481 e. The van der Waals surface area contributed by atoms with Gasteiger partial charge in [0.25, 0.3) is 10.1 Å². The lowest BCUT2D eigenvalue weighted by Crippen LogP contribution is -2.50. The van der Waals surface area contributed by atoms with Crippen LogP contribution >= 0.6 is 0 Å². The number of nitrogens with zero attached hydrogens (tertiary/aromatic N) is 1. The van der Waals surface area contributed by atoms with Crippen molar-refractivity contribution < 1.29 is 37.3 Å². The van der Waals surface area contributed by atoms with E-state index in [1.807, 2.05) is 60.7 Å². The van der Waals surface area contributed by atoms with Crippen molar-refractivity contribution in [2.75, 3.05) is 18.1 Å². The molecule has 0 radical (unpaired) electrons. The van der Waals surface area contributed by atoms with Crippen molar-refractivity contribution in [2.24, 2.45) is 11.5 Å². The Morgan fingerprint density at radius 1 is 0.909 bits per heavy atom. The number of carbonyl (C=O) groups is 4. The van der Waals surface area contributed by atoms with Gasteiger partial charge in [0.2, 0.25) is 17.7 Å². The summed E-state index contributed by atoms with van der Waals surface area (Å²) >= 11 is 0. The first kappa shape index (κ1) is 35.8. The van der Waals surface area contributed by atoms with Gasteiger partial charge in [-0.1, -0.05) is 48.5 Å². The van der Waals surface area contributed by atoms with Crippen LogP contribution in [0.25, 0.3) is 10.9 Å². The number of carbonyl (C=O) groups excluding carboxylic acids is 3. The summed E-state index contributed by atoms with van der Waals surface area (Å²) in [7, 11) is -3.67. The lowest BCUT2D eigenvalue weighted by atomic mass is 10.0. The van der Waals surface area contributed by atoms with Crippen molar-refractivity contribution in [3.05, 3.63) is 72.4 Å². The summed E-state index contributed by atoms with van der Waals surface area (Å²) in [5.41, 5.74) is 13.9. The third-order valence-corrected chi connectivity index (χ3v) is 6.11. The number of aryl methyl sites for hydroxylation is 1. The van der Waals surface area contributed by atoms with E-state index in [0.717, 1.165) is 16.5 Å². The highest BCUT2D eigenvalue weighted by Gasteiger charge is 2.24. The molecule has 3 atom stereocenters. The van der Waals surface area contributed by atoms with Gasteiger partial charge in [0, 0.05) is 11.9 Å². The Hall–Kier alpha value is -4.44. The minimum atomic E-state index is -3.67. The van der Waals surface area contributed by atoms with Gasteiger partial charge in [-0.2, -0.15) is 8.42 Å². The Morgan fingerprint density at radius 3 is 2.20 bits per heavy atom. The molecule has 0 saturated heterocycles. The fraction of sp³-hybridized carbons (Fsp3) is 0.345. The molecule has 0 aliphatic carbocycles. The first-order chi connectivity index (χ1) is 20.7. The van der Waals surface area contributed by atoms with Crippen LogP contribution in [0.3, 0.4) is 0 Å². The van der Waals surface area contributed by atoms with E-state index in [2.05, 4.69) is 20.9 Å². The van der Waals surface area contributed by atoms with Gasteiger partial charge < -0.3 is 32.5 Å². The van der Waals surface area contributed by atoms with E-state index in [0.29, 0.717) is 31.2 Å². The van der Waals surface area contributed by atoms with E-state index >= 15 is 0 Å². The molecule has 2 aromatic carbocycles. The zero-order valence-corrected chi connectivity index (χ0v) is 25.0. The number of hydrogen-bond donors (Lipinski definition) is 7. The number of rotatable bonds is 14. The zero-order valence-electron chi connectivity index (χ0n) is 24.2. The van der Waals surface area contributed by atoms with Crippen molar-refractivity contribution in [3.8, 4) is 0 Å². The number of pyridine rings is 1. The number of aliphatic carboxylic acids is 1. The molecule has 14 nitrogen and oxygen atoms in total. The SMILES string of the molecule is CS(=O)(=O)O.N[C@@H](CC(=O)O)C(=O)NCCC[C@H](N)C(=O)N[C@H](CCc1ccccc1)C(=O)Nc1cnc2ccccc2c1. The quantitative estimate of drug-likeness (QED) is 0.0971. The Balaban J connectivity index is 0.00000125. The number of benzene rings is 2. The van der Waals surface area contributed by atoms with Gasteiger partial charge >= 0.3 is 5.97 Å². The summed E-state index contributed by atoms with van der Waals surface area (Å²) < 4.78 is 25.9. The van der Waals surface area contributed by atoms with Gasteiger partial charge in [0.05, 0.1) is 42.2 Å². The fourth-order valence-electron chi connectivity index (χ4n) is 3.95. The molecule has 44 heavy (non-hydrogen) atoms. The molecule has 15 heteroatoms. The highest BCUT2D eigenvalue weighted by atomic mass is 32.2. The number of amides is 3. The molecule has 0 aliphatic rings. The molecular weight excluding hydrogens is 592 g/mol. The summed E-state index contributed by atoms with van der Waals surface area (Å²) in [4.78, 5) is 52.9. The Bertz CT molecular complexity index is 1510. The molecular formula is C29H38N6O8S. The van der Waals surface area contributed by atoms with Crippen molar-refractivity contribution in [1.29, 1.82) is 0 Å². The van der Waals surface area contributed by atoms with Crippen LogP contribution in [-0.2, 0) is 35.7 Å². The monoisotopic (exact) mass is 630 g/mol. The minimum absolute atomic E-state index is 0.181. The zero-order chi connectivity index (χ0) is 32.7. The molecule has 3 rings (SSSR count). The maximum absolute atomic E-state index is 13.2. The number of carboxylic acid groups (broad SMARTS) is 1. The predicted octanol–water partition coefficient (Wildman–Crippen LogP) is 0.821. The predicted molar refractivity (Wildman–Crippen MR) is 165 cm³/mol. The van der Waals surface area contributed by atoms with E-state index in [1.165, 1.54) is 0 Å². The molecule has 1 aromatic heterocycles. The van der Waals surface area contributed by atoms with E-state index in [1.54, 1.807) is 6.20 Å². The fourth-order valence-corrected chi connectivity index (χ4v) is 3.95. The molecule has 3 aromatic rings. The summed E-state index contributed by atoms with van der Waals surface area (Å²) in [5, 5.41) is 17.7. The third kappa shape index (κ3) is 14.2. The largest absolute Gasteiger partial charge is 0.481 e. The van der Waals surface area contributed by atoms with Crippen LogP contribution in [-0.4, -0.2) is 77.7 Å². The molecule has 0 bridgehead atoms. The summed E-state index contributed by atoms with van der Waals surface area (Å²) in [6.45, 7) is 0.181. The summed E-state index contributed by atoms with van der Waals surface area (Å²) in [5.74, 6) is -2.63. The number of fused-ring (bicyclic) bond motifs is 1. The van der Waals surface area contributed by atoms with Gasteiger partial charge in [-0.3, -0.25) is 28.7 Å². The van der Waals surface area contributed by atoms with Crippen LogP contribution in [0.1, 0.15) is 31.2 Å². The van der Waals surface area contributed by atoms with Gasteiger partial charge in [0.1, 0.15) is 6.04 Å². The maximum atomic E-state index is 13.2. The van der Waals surface area contributed by atoms with Crippen LogP contribution in [0, 0.1) is 0 Å². The Kier molecular flexibility index (Phi) is 14.3.